The zero-order valence-corrected chi connectivity index (χ0v) is 12.8. The van der Waals surface area contributed by atoms with Crippen LogP contribution in [0.2, 0.25) is 0 Å². The Morgan fingerprint density at radius 1 is 1.43 bits per heavy atom. The number of piperidine rings is 1. The van der Waals surface area contributed by atoms with E-state index in [2.05, 4.69) is 4.72 Å². The molecule has 0 amide bonds. The minimum absolute atomic E-state index is 0.0267. The summed E-state index contributed by atoms with van der Waals surface area (Å²) in [5, 5.41) is 9.05. The Balaban J connectivity index is 2.16. The molecule has 7 heteroatoms. The summed E-state index contributed by atoms with van der Waals surface area (Å²) >= 11 is 0. The van der Waals surface area contributed by atoms with Crippen molar-refractivity contribution in [2.24, 2.45) is 5.92 Å². The van der Waals surface area contributed by atoms with Crippen LogP contribution in [-0.4, -0.2) is 36.9 Å². The lowest BCUT2D eigenvalue weighted by Crippen LogP contribution is -2.44. The molecule has 1 heterocycles. The molecule has 1 aliphatic heterocycles. The van der Waals surface area contributed by atoms with Crippen LogP contribution in [0, 0.1) is 5.92 Å². The highest BCUT2D eigenvalue weighted by atomic mass is 32.2. The maximum absolute atomic E-state index is 12.4. The highest BCUT2D eigenvalue weighted by Crippen LogP contribution is 2.22. The Labute approximate surface area is 125 Å². The molecule has 1 aromatic rings. The van der Waals surface area contributed by atoms with E-state index in [1.54, 1.807) is 12.1 Å². The molecule has 6 nitrogen and oxygen atoms in total. The summed E-state index contributed by atoms with van der Waals surface area (Å²) in [6.07, 6.45) is 1.80. The lowest BCUT2D eigenvalue weighted by atomic mass is 10.0. The molecule has 0 spiro atoms. The zero-order valence-electron chi connectivity index (χ0n) is 11.9. The van der Waals surface area contributed by atoms with Crippen LogP contribution in [0.5, 0.6) is 0 Å². The van der Waals surface area contributed by atoms with Gasteiger partial charge in [0.1, 0.15) is 0 Å². The molecule has 2 N–H and O–H groups in total. The molecule has 21 heavy (non-hydrogen) atoms. The monoisotopic (exact) mass is 312 g/mol. The minimum Gasteiger partial charge on any atom is -0.481 e. The van der Waals surface area contributed by atoms with Crippen molar-refractivity contribution >= 4 is 21.9 Å². The van der Waals surface area contributed by atoms with E-state index in [-0.39, 0.29) is 6.54 Å². The van der Waals surface area contributed by atoms with Crippen molar-refractivity contribution in [1.29, 1.82) is 0 Å². The third-order valence-electron chi connectivity index (χ3n) is 3.71. The summed E-state index contributed by atoms with van der Waals surface area (Å²) in [4.78, 5) is 11.0. The summed E-state index contributed by atoms with van der Waals surface area (Å²) in [5.74, 6) is -1.57. The van der Waals surface area contributed by atoms with Crippen LogP contribution in [0.4, 0.5) is 5.69 Å². The molecule has 1 atom stereocenters. The number of anilines is 1. The normalized spacial score (nSPS) is 20.1. The van der Waals surface area contributed by atoms with Crippen molar-refractivity contribution in [3.63, 3.8) is 0 Å². The summed E-state index contributed by atoms with van der Waals surface area (Å²) in [5.41, 5.74) is 1.46. The molecule has 0 bridgehead atoms. The fraction of sp³-hybridized carbons (Fsp3) is 0.500. The van der Waals surface area contributed by atoms with Crippen LogP contribution in [-0.2, 0) is 21.4 Å². The smallest absolute Gasteiger partial charge is 0.307 e. The van der Waals surface area contributed by atoms with Crippen LogP contribution in [0.15, 0.2) is 24.3 Å². The second-order valence-electron chi connectivity index (χ2n) is 5.15. The van der Waals surface area contributed by atoms with Gasteiger partial charge >= 0.3 is 16.2 Å². The number of nitrogens with zero attached hydrogens (tertiary/aromatic N) is 1. The second kappa shape index (κ2) is 6.44. The van der Waals surface area contributed by atoms with Crippen LogP contribution >= 0.6 is 0 Å². The molecule has 2 rings (SSSR count). The van der Waals surface area contributed by atoms with E-state index in [0.29, 0.717) is 25.1 Å². The first kappa shape index (κ1) is 15.8. The van der Waals surface area contributed by atoms with Crippen molar-refractivity contribution in [2.45, 2.75) is 26.2 Å². The number of rotatable bonds is 5. The quantitative estimate of drug-likeness (QED) is 0.866. The Bertz CT molecular complexity index is 615. The summed E-state index contributed by atoms with van der Waals surface area (Å²) in [6.45, 7) is 2.33. The van der Waals surface area contributed by atoms with Gasteiger partial charge in [0, 0.05) is 13.1 Å². The van der Waals surface area contributed by atoms with E-state index in [4.69, 9.17) is 5.11 Å². The van der Waals surface area contributed by atoms with Crippen LogP contribution in [0.1, 0.15) is 25.3 Å². The molecular weight excluding hydrogens is 292 g/mol. The molecule has 0 saturated carbocycles. The molecule has 0 radical (unpaired) electrons. The lowest BCUT2D eigenvalue weighted by molar-refractivity contribution is -0.142. The summed E-state index contributed by atoms with van der Waals surface area (Å²) in [6, 6.07) is 7.22. The first-order valence-electron chi connectivity index (χ1n) is 7.02. The molecular formula is C14H20N2O4S. The van der Waals surface area contributed by atoms with Crippen molar-refractivity contribution in [3.05, 3.63) is 29.8 Å². The van der Waals surface area contributed by atoms with Gasteiger partial charge in [-0.25, -0.2) is 0 Å². The Morgan fingerprint density at radius 2 is 2.14 bits per heavy atom. The van der Waals surface area contributed by atoms with E-state index in [1.165, 1.54) is 4.31 Å². The Morgan fingerprint density at radius 3 is 2.81 bits per heavy atom. The number of carboxylic acids is 1. The van der Waals surface area contributed by atoms with E-state index in [1.807, 2.05) is 19.1 Å². The van der Waals surface area contributed by atoms with Gasteiger partial charge in [-0.05, 0) is 30.9 Å². The third kappa shape index (κ3) is 3.74. The molecule has 1 aromatic carbocycles. The Kier molecular flexibility index (Phi) is 4.84. The van der Waals surface area contributed by atoms with E-state index in [0.717, 1.165) is 12.0 Å². The maximum atomic E-state index is 12.4. The summed E-state index contributed by atoms with van der Waals surface area (Å²) in [7, 11) is -3.72. The third-order valence-corrected chi connectivity index (χ3v) is 5.20. The first-order chi connectivity index (χ1) is 9.94. The molecule has 0 aliphatic carbocycles. The molecule has 1 aliphatic rings. The standard InChI is InChI=1S/C14H20N2O4S/c1-2-11-6-3-4-8-13(11)15-21(19,20)16-9-5-7-12(10-16)14(17)18/h3-4,6,8,12,15H,2,5,7,9-10H2,1H3,(H,17,18). The molecule has 1 fully saturated rings. The number of hydrogen-bond acceptors (Lipinski definition) is 3. The lowest BCUT2D eigenvalue weighted by Gasteiger charge is -2.30. The molecule has 0 aromatic heterocycles. The largest absolute Gasteiger partial charge is 0.481 e. The average molecular weight is 312 g/mol. The number of para-hydroxylation sites is 1. The molecule has 116 valence electrons. The average Bonchev–Trinajstić information content (AvgIpc) is 2.47. The van der Waals surface area contributed by atoms with E-state index >= 15 is 0 Å². The highest BCUT2D eigenvalue weighted by Gasteiger charge is 2.32. The number of aliphatic carboxylic acids is 1. The predicted molar refractivity (Wildman–Crippen MR) is 80.3 cm³/mol. The van der Waals surface area contributed by atoms with Gasteiger partial charge in [0.2, 0.25) is 0 Å². The topological polar surface area (TPSA) is 86.7 Å². The predicted octanol–water partition coefficient (Wildman–Crippen LogP) is 1.70. The van der Waals surface area contributed by atoms with Gasteiger partial charge in [-0.15, -0.1) is 0 Å². The maximum Gasteiger partial charge on any atom is 0.307 e. The second-order valence-corrected chi connectivity index (χ2v) is 6.82. The number of aryl methyl sites for hydroxylation is 1. The fourth-order valence-electron chi connectivity index (χ4n) is 2.49. The van der Waals surface area contributed by atoms with Crippen molar-refractivity contribution in [2.75, 3.05) is 17.8 Å². The highest BCUT2D eigenvalue weighted by molar-refractivity contribution is 7.90. The van der Waals surface area contributed by atoms with Crippen molar-refractivity contribution in [3.8, 4) is 0 Å². The van der Waals surface area contributed by atoms with Crippen LogP contribution in [0.3, 0.4) is 0 Å². The van der Waals surface area contributed by atoms with Gasteiger partial charge in [-0.1, -0.05) is 25.1 Å². The van der Waals surface area contributed by atoms with E-state index in [9.17, 15) is 13.2 Å². The van der Waals surface area contributed by atoms with Gasteiger partial charge in [-0.2, -0.15) is 12.7 Å². The van der Waals surface area contributed by atoms with Gasteiger partial charge in [0.25, 0.3) is 0 Å². The van der Waals surface area contributed by atoms with E-state index < -0.39 is 22.1 Å². The summed E-state index contributed by atoms with van der Waals surface area (Å²) < 4.78 is 28.6. The van der Waals surface area contributed by atoms with Gasteiger partial charge in [0.15, 0.2) is 0 Å². The SMILES string of the molecule is CCc1ccccc1NS(=O)(=O)N1CCCC(C(=O)O)C1. The van der Waals surface area contributed by atoms with Crippen molar-refractivity contribution < 1.29 is 18.3 Å². The van der Waals surface area contributed by atoms with Gasteiger partial charge in [-0.3, -0.25) is 9.52 Å². The number of carbonyl (C=O) groups is 1. The number of carboxylic acid groups (broad SMARTS) is 1. The van der Waals surface area contributed by atoms with Gasteiger partial charge in [0.05, 0.1) is 11.6 Å². The fourth-order valence-corrected chi connectivity index (χ4v) is 3.85. The number of hydrogen-bond donors (Lipinski definition) is 2. The Hall–Kier alpha value is -1.60. The van der Waals surface area contributed by atoms with Crippen molar-refractivity contribution in [1.82, 2.24) is 4.31 Å². The molecule has 1 unspecified atom stereocenters. The number of benzene rings is 1. The van der Waals surface area contributed by atoms with Crippen LogP contribution < -0.4 is 4.72 Å². The van der Waals surface area contributed by atoms with Gasteiger partial charge < -0.3 is 5.11 Å². The van der Waals surface area contributed by atoms with Crippen LogP contribution in [0.25, 0.3) is 0 Å². The zero-order chi connectivity index (χ0) is 15.5. The molecule has 1 saturated heterocycles. The number of nitrogens with one attached hydrogen (secondary N) is 1. The first-order valence-corrected chi connectivity index (χ1v) is 8.46. The minimum atomic E-state index is -3.72.